The molecule has 0 aliphatic heterocycles. The Kier molecular flexibility index (Phi) is 6.37. The number of hydrogen-bond donors (Lipinski definition) is 2. The van der Waals surface area contributed by atoms with Crippen molar-refractivity contribution in [3.8, 4) is 11.5 Å². The average Bonchev–Trinajstić information content (AvgIpc) is 2.85. The van der Waals surface area contributed by atoms with Gasteiger partial charge in [0.05, 0.1) is 22.2 Å². The fourth-order valence-corrected chi connectivity index (χ4v) is 3.51. The second-order valence-electron chi connectivity index (χ2n) is 7.19. The van der Waals surface area contributed by atoms with E-state index in [1.165, 1.54) is 13.8 Å². The molecule has 0 amide bonds. The lowest BCUT2D eigenvalue weighted by Gasteiger charge is -2.12. The quantitative estimate of drug-likeness (QED) is 0.607. The lowest BCUT2D eigenvalue weighted by molar-refractivity contribution is 0.100. The van der Waals surface area contributed by atoms with E-state index >= 15 is 0 Å². The van der Waals surface area contributed by atoms with E-state index < -0.39 is 0 Å². The van der Waals surface area contributed by atoms with Crippen LogP contribution in [0.4, 0.5) is 0 Å². The predicted molar refractivity (Wildman–Crippen MR) is 113 cm³/mol. The molecular formula is C21H25ClN2O4. The van der Waals surface area contributed by atoms with Crippen molar-refractivity contribution >= 4 is 45.8 Å². The summed E-state index contributed by atoms with van der Waals surface area (Å²) in [5.41, 5.74) is 2.03. The van der Waals surface area contributed by atoms with Gasteiger partial charge in [0.15, 0.2) is 11.6 Å². The van der Waals surface area contributed by atoms with Crippen LogP contribution in [0.2, 0.25) is 0 Å². The highest BCUT2D eigenvalue weighted by atomic mass is 35.5. The highest BCUT2D eigenvalue weighted by Gasteiger charge is 2.19. The van der Waals surface area contributed by atoms with E-state index in [1.54, 1.807) is 24.3 Å². The van der Waals surface area contributed by atoms with Gasteiger partial charge in [-0.15, -0.1) is 12.4 Å². The van der Waals surface area contributed by atoms with Gasteiger partial charge in [0, 0.05) is 29.4 Å². The summed E-state index contributed by atoms with van der Waals surface area (Å²) in [6, 6.07) is 6.51. The zero-order valence-corrected chi connectivity index (χ0v) is 17.3. The molecule has 0 aliphatic rings. The molecule has 6 nitrogen and oxygen atoms in total. The van der Waals surface area contributed by atoms with Crippen LogP contribution >= 0.6 is 12.4 Å². The molecule has 0 saturated heterocycles. The molecule has 0 atom stereocenters. The van der Waals surface area contributed by atoms with Crippen molar-refractivity contribution in [2.75, 3.05) is 20.6 Å². The second kappa shape index (κ2) is 8.20. The molecule has 0 unspecified atom stereocenters. The van der Waals surface area contributed by atoms with E-state index in [9.17, 15) is 19.8 Å². The molecule has 28 heavy (non-hydrogen) atoms. The number of carbonyl (C=O) groups is 2. The Hall–Kier alpha value is -2.57. The van der Waals surface area contributed by atoms with E-state index in [2.05, 4.69) is 4.90 Å². The van der Waals surface area contributed by atoms with Gasteiger partial charge in [0.25, 0.3) is 0 Å². The van der Waals surface area contributed by atoms with Gasteiger partial charge < -0.3 is 19.7 Å². The van der Waals surface area contributed by atoms with Gasteiger partial charge in [-0.1, -0.05) is 0 Å². The number of fused-ring (bicyclic) bond motifs is 3. The minimum absolute atomic E-state index is 0. The van der Waals surface area contributed by atoms with Crippen LogP contribution in [-0.4, -0.2) is 51.9 Å². The first-order valence-electron chi connectivity index (χ1n) is 8.89. The fraction of sp³-hybridized carbons (Fsp3) is 0.333. The van der Waals surface area contributed by atoms with Gasteiger partial charge in [-0.05, 0) is 53.0 Å². The highest BCUT2D eigenvalue weighted by Crippen LogP contribution is 2.37. The molecule has 3 rings (SSSR count). The number of phenolic OH excluding ortho intramolecular Hbond substituents is 2. The third kappa shape index (κ3) is 3.84. The van der Waals surface area contributed by atoms with E-state index in [0.29, 0.717) is 6.54 Å². The zero-order chi connectivity index (χ0) is 19.9. The average molecular weight is 405 g/mol. The Balaban J connectivity index is 0.00000280. The summed E-state index contributed by atoms with van der Waals surface area (Å²) in [6.45, 7) is 4.38. The van der Waals surface area contributed by atoms with Crippen LogP contribution in [0.25, 0.3) is 21.8 Å². The summed E-state index contributed by atoms with van der Waals surface area (Å²) in [4.78, 5) is 25.8. The van der Waals surface area contributed by atoms with Gasteiger partial charge in [-0.3, -0.25) is 9.59 Å². The van der Waals surface area contributed by atoms with Crippen molar-refractivity contribution in [1.29, 1.82) is 0 Å². The highest BCUT2D eigenvalue weighted by molar-refractivity contribution is 6.14. The SMILES string of the molecule is CC(=O)c1cc2c3cc(C(C)=O)c(O)cc3n(CCCN(C)C)c2cc1O.Cl. The van der Waals surface area contributed by atoms with Gasteiger partial charge >= 0.3 is 0 Å². The number of phenols is 2. The van der Waals surface area contributed by atoms with E-state index in [1.807, 2.05) is 18.7 Å². The summed E-state index contributed by atoms with van der Waals surface area (Å²) in [5.74, 6) is -0.590. The number of benzene rings is 2. The molecule has 150 valence electrons. The van der Waals surface area contributed by atoms with Gasteiger partial charge in [0.2, 0.25) is 0 Å². The minimum Gasteiger partial charge on any atom is -0.507 e. The summed E-state index contributed by atoms with van der Waals surface area (Å²) in [6.07, 6.45) is 0.871. The Labute approximate surface area is 169 Å². The lowest BCUT2D eigenvalue weighted by Crippen LogP contribution is -2.15. The van der Waals surface area contributed by atoms with Crippen LogP contribution < -0.4 is 0 Å². The van der Waals surface area contributed by atoms with Crippen LogP contribution in [0.3, 0.4) is 0 Å². The first-order chi connectivity index (χ1) is 12.7. The molecule has 0 radical (unpaired) electrons. The molecule has 3 aromatic rings. The molecule has 7 heteroatoms. The Morgan fingerprint density at radius 2 is 1.32 bits per heavy atom. The summed E-state index contributed by atoms with van der Waals surface area (Å²) in [5, 5.41) is 22.1. The molecule has 2 aromatic carbocycles. The summed E-state index contributed by atoms with van der Waals surface area (Å²) < 4.78 is 2.02. The van der Waals surface area contributed by atoms with Gasteiger partial charge in [-0.2, -0.15) is 0 Å². The van der Waals surface area contributed by atoms with Crippen molar-refractivity contribution in [2.24, 2.45) is 0 Å². The number of carbonyl (C=O) groups excluding carboxylic acids is 2. The monoisotopic (exact) mass is 404 g/mol. The first kappa shape index (κ1) is 21.7. The maximum Gasteiger partial charge on any atom is 0.163 e. The normalized spacial score (nSPS) is 11.2. The smallest absolute Gasteiger partial charge is 0.163 e. The van der Waals surface area contributed by atoms with Crippen LogP contribution in [0.15, 0.2) is 24.3 Å². The van der Waals surface area contributed by atoms with Crippen molar-refractivity contribution in [3.05, 3.63) is 35.4 Å². The molecule has 0 spiro atoms. The van der Waals surface area contributed by atoms with E-state index in [-0.39, 0.29) is 46.6 Å². The topological polar surface area (TPSA) is 82.8 Å². The Bertz CT molecular complexity index is 992. The van der Waals surface area contributed by atoms with Crippen molar-refractivity contribution < 1.29 is 19.8 Å². The van der Waals surface area contributed by atoms with Gasteiger partial charge in [-0.25, -0.2) is 0 Å². The maximum absolute atomic E-state index is 11.9. The van der Waals surface area contributed by atoms with Crippen molar-refractivity contribution in [2.45, 2.75) is 26.8 Å². The standard InChI is InChI=1S/C21H24N2O4.ClH/c1-12(24)14-8-16-17-9-15(13(2)25)21(27)11-19(17)23(7-5-6-22(3)4)18(16)10-20(14)26;/h8-11,26-27H,5-7H2,1-4H3;1H. The molecule has 0 saturated carbocycles. The van der Waals surface area contributed by atoms with E-state index in [4.69, 9.17) is 0 Å². The van der Waals surface area contributed by atoms with Crippen LogP contribution in [-0.2, 0) is 6.54 Å². The Morgan fingerprint density at radius 3 is 1.68 bits per heavy atom. The number of halogens is 1. The number of aromatic hydroxyl groups is 2. The van der Waals surface area contributed by atoms with Crippen LogP contribution in [0.1, 0.15) is 41.0 Å². The lowest BCUT2D eigenvalue weighted by atomic mass is 10.0. The number of rotatable bonds is 6. The third-order valence-electron chi connectivity index (χ3n) is 4.85. The molecule has 0 fully saturated rings. The molecule has 1 heterocycles. The van der Waals surface area contributed by atoms with Gasteiger partial charge in [0.1, 0.15) is 11.5 Å². The maximum atomic E-state index is 11.9. The van der Waals surface area contributed by atoms with E-state index in [0.717, 1.165) is 34.8 Å². The Morgan fingerprint density at radius 1 is 0.893 bits per heavy atom. The minimum atomic E-state index is -0.228. The number of aromatic nitrogens is 1. The number of nitrogens with zero attached hydrogens (tertiary/aromatic N) is 2. The molecule has 1 aromatic heterocycles. The zero-order valence-electron chi connectivity index (χ0n) is 16.4. The number of aryl methyl sites for hydroxylation is 1. The number of ketones is 2. The largest absolute Gasteiger partial charge is 0.507 e. The molecular weight excluding hydrogens is 380 g/mol. The predicted octanol–water partition coefficient (Wildman–Crippen LogP) is 3.98. The van der Waals surface area contributed by atoms with Crippen LogP contribution in [0, 0.1) is 0 Å². The summed E-state index contributed by atoms with van der Waals surface area (Å²) >= 11 is 0. The summed E-state index contributed by atoms with van der Waals surface area (Å²) in [7, 11) is 4.00. The fourth-order valence-electron chi connectivity index (χ4n) is 3.51. The van der Waals surface area contributed by atoms with Crippen molar-refractivity contribution in [1.82, 2.24) is 9.47 Å². The number of hydrogen-bond acceptors (Lipinski definition) is 5. The number of Topliss-reactive ketones (excluding diaryl/α,β-unsaturated/α-hetero) is 2. The molecule has 0 bridgehead atoms. The second-order valence-corrected chi connectivity index (χ2v) is 7.19. The molecule has 0 aliphatic carbocycles. The molecule has 2 N–H and O–H groups in total. The van der Waals surface area contributed by atoms with Crippen molar-refractivity contribution in [3.63, 3.8) is 0 Å². The third-order valence-corrected chi connectivity index (χ3v) is 4.85. The van der Waals surface area contributed by atoms with Crippen LogP contribution in [0.5, 0.6) is 11.5 Å². The first-order valence-corrected chi connectivity index (χ1v) is 8.89.